The molecule has 0 spiro atoms. The summed E-state index contributed by atoms with van der Waals surface area (Å²) in [7, 11) is 4.35. The monoisotopic (exact) mass is 273 g/mol. The molecule has 0 saturated heterocycles. The van der Waals surface area contributed by atoms with E-state index in [4.69, 9.17) is 0 Å². The molecule has 0 amide bonds. The second kappa shape index (κ2) is 8.43. The van der Waals surface area contributed by atoms with Gasteiger partial charge in [-0.15, -0.1) is 0 Å². The van der Waals surface area contributed by atoms with E-state index in [0.29, 0.717) is 0 Å². The average Bonchev–Trinajstić information content (AvgIpc) is 2.02. The topological polar surface area (TPSA) is 3.24 Å². The predicted octanol–water partition coefficient (Wildman–Crippen LogP) is 2.86. The Kier molecular flexibility index (Phi) is 9.01. The van der Waals surface area contributed by atoms with E-state index < -0.39 is 21.4 Å². The van der Waals surface area contributed by atoms with Crippen molar-refractivity contribution < 1.29 is 0 Å². The summed E-state index contributed by atoms with van der Waals surface area (Å²) in [5.74, 6) is 0. The maximum absolute atomic E-state index is 2.41. The molecule has 0 aromatic heterocycles. The van der Waals surface area contributed by atoms with E-state index in [1.165, 1.54) is 19.4 Å². The Morgan fingerprint density at radius 2 is 1.75 bits per heavy atom. The van der Waals surface area contributed by atoms with Crippen molar-refractivity contribution >= 4 is 21.4 Å². The average molecular weight is 273 g/mol. The summed E-state index contributed by atoms with van der Waals surface area (Å²) in [5.41, 5.74) is 0. The third-order valence-electron chi connectivity index (χ3n) is 2.49. The minimum absolute atomic E-state index is 0.954. The van der Waals surface area contributed by atoms with Gasteiger partial charge in [-0.1, -0.05) is 0 Å². The molecule has 0 N–H and O–H groups in total. The molecule has 0 saturated carbocycles. The van der Waals surface area contributed by atoms with Gasteiger partial charge in [0.2, 0.25) is 0 Å². The summed E-state index contributed by atoms with van der Waals surface area (Å²) in [5, 5.41) is 0. The fourth-order valence-electron chi connectivity index (χ4n) is 1.66. The first-order chi connectivity index (χ1) is 5.70. The number of nitrogens with zero attached hydrogens (tertiary/aromatic N) is 1. The molecule has 72 valence electrons. The first kappa shape index (κ1) is 12.8. The van der Waals surface area contributed by atoms with E-state index >= 15 is 0 Å². The molecule has 0 unspecified atom stereocenters. The first-order valence-electron chi connectivity index (χ1n) is 5.35. The molecule has 0 aromatic carbocycles. The van der Waals surface area contributed by atoms with Crippen LogP contribution in [0.3, 0.4) is 0 Å². The third kappa shape index (κ3) is 7.48. The zero-order valence-corrected chi connectivity index (χ0v) is 12.6. The molecule has 0 aliphatic heterocycles. The second-order valence-electron chi connectivity index (χ2n) is 4.01. The molecule has 0 aliphatic rings. The summed E-state index contributed by atoms with van der Waals surface area (Å²) in [6.45, 7) is 6.05. The van der Waals surface area contributed by atoms with Crippen LogP contribution in [0.4, 0.5) is 0 Å². The summed E-state index contributed by atoms with van der Waals surface area (Å²) < 4.78 is 4.83. The van der Waals surface area contributed by atoms with Crippen molar-refractivity contribution in [3.63, 3.8) is 0 Å². The third-order valence-corrected chi connectivity index (χ3v) is 13.3. The van der Waals surface area contributed by atoms with E-state index in [-0.39, 0.29) is 0 Å². The summed E-state index contributed by atoms with van der Waals surface area (Å²) >= 11 is -0.954. The molecule has 0 bridgehead atoms. The fourth-order valence-corrected chi connectivity index (χ4v) is 9.31. The molecule has 0 atom stereocenters. The van der Waals surface area contributed by atoms with Crippen LogP contribution in [0.1, 0.15) is 26.7 Å². The molecule has 0 rings (SSSR count). The van der Waals surface area contributed by atoms with Crippen LogP contribution in [0.2, 0.25) is 12.5 Å². The second-order valence-corrected chi connectivity index (χ2v) is 14.6. The van der Waals surface area contributed by atoms with Crippen molar-refractivity contribution in [1.82, 2.24) is 4.90 Å². The van der Waals surface area contributed by atoms with Crippen molar-refractivity contribution in [1.29, 1.82) is 0 Å². The van der Waals surface area contributed by atoms with Gasteiger partial charge in [-0.25, -0.2) is 0 Å². The fraction of sp³-hybridized carbons (Fsp3) is 1.00. The van der Waals surface area contributed by atoms with E-state index in [0.717, 1.165) is 0 Å². The van der Waals surface area contributed by atoms with E-state index in [1.54, 1.807) is 12.5 Å². The van der Waals surface area contributed by atoms with Crippen molar-refractivity contribution in [3.05, 3.63) is 0 Å². The van der Waals surface area contributed by atoms with Gasteiger partial charge in [0.05, 0.1) is 0 Å². The summed E-state index contributed by atoms with van der Waals surface area (Å²) in [6, 6.07) is 0. The van der Waals surface area contributed by atoms with Crippen LogP contribution in [0, 0.1) is 0 Å². The first-order valence-corrected chi connectivity index (χ1v) is 12.3. The normalized spacial score (nSPS) is 10.8. The summed E-state index contributed by atoms with van der Waals surface area (Å²) in [4.78, 5) is 2.31. The van der Waals surface area contributed by atoms with Crippen molar-refractivity contribution in [3.8, 4) is 0 Å². The minimum atomic E-state index is -0.954. The van der Waals surface area contributed by atoms with Gasteiger partial charge >= 0.3 is 86.2 Å². The Hall–Kier alpha value is 0.830. The molecule has 1 nitrogen and oxygen atoms in total. The van der Waals surface area contributed by atoms with Crippen molar-refractivity contribution in [2.75, 3.05) is 20.6 Å². The van der Waals surface area contributed by atoms with Gasteiger partial charge in [0, 0.05) is 0 Å². The molecule has 12 heavy (non-hydrogen) atoms. The van der Waals surface area contributed by atoms with Crippen LogP contribution in [-0.2, 0) is 0 Å². The standard InChI is InChI=1S/C5H12N.C3H7.C2H5.In/c1-4-5-6(2)3;1-3-2;1-2;/h1,4-5H2,2-3H3;1,3H2,2H3;1H2,2H3;. The molecule has 0 aromatic rings. The van der Waals surface area contributed by atoms with Crippen molar-refractivity contribution in [2.24, 2.45) is 0 Å². The molecule has 0 aliphatic carbocycles. The van der Waals surface area contributed by atoms with Gasteiger partial charge in [0.1, 0.15) is 0 Å². The number of hydrogen-bond donors (Lipinski definition) is 0. The van der Waals surface area contributed by atoms with Crippen molar-refractivity contribution in [2.45, 2.75) is 39.2 Å². The maximum atomic E-state index is 2.41. The molecular formula is C10H24InN. The zero-order chi connectivity index (χ0) is 9.40. The quantitative estimate of drug-likeness (QED) is 0.689. The van der Waals surface area contributed by atoms with Crippen LogP contribution < -0.4 is 0 Å². The summed E-state index contributed by atoms with van der Waals surface area (Å²) in [6.07, 6.45) is 2.90. The van der Waals surface area contributed by atoms with Crippen LogP contribution >= 0.6 is 0 Å². The van der Waals surface area contributed by atoms with E-state index in [2.05, 4.69) is 32.8 Å². The Balaban J connectivity index is 3.31. The van der Waals surface area contributed by atoms with E-state index in [9.17, 15) is 0 Å². The predicted molar refractivity (Wildman–Crippen MR) is 59.3 cm³/mol. The van der Waals surface area contributed by atoms with Gasteiger partial charge in [0.25, 0.3) is 0 Å². The molecular weight excluding hydrogens is 249 g/mol. The molecule has 0 fully saturated rings. The SMILES string of the molecule is CC[CH2][In]([CH2]C)[CH2]CCN(C)C. The molecule has 0 radical (unpaired) electrons. The Morgan fingerprint density at radius 3 is 2.17 bits per heavy atom. The molecule has 2 heteroatoms. The van der Waals surface area contributed by atoms with Gasteiger partial charge in [-0.3, -0.25) is 0 Å². The van der Waals surface area contributed by atoms with Gasteiger partial charge in [-0.2, -0.15) is 0 Å². The number of hydrogen-bond acceptors (Lipinski definition) is 1. The van der Waals surface area contributed by atoms with Gasteiger partial charge < -0.3 is 0 Å². The Labute approximate surface area is 86.1 Å². The van der Waals surface area contributed by atoms with Crippen LogP contribution in [0.5, 0.6) is 0 Å². The Bertz CT molecular complexity index is 93.8. The Morgan fingerprint density at radius 1 is 1.08 bits per heavy atom. The van der Waals surface area contributed by atoms with Crippen LogP contribution in [-0.4, -0.2) is 47.0 Å². The number of rotatable bonds is 7. The van der Waals surface area contributed by atoms with Gasteiger partial charge in [0.15, 0.2) is 0 Å². The van der Waals surface area contributed by atoms with Gasteiger partial charge in [-0.05, 0) is 0 Å². The zero-order valence-electron chi connectivity index (χ0n) is 9.27. The van der Waals surface area contributed by atoms with Crippen LogP contribution in [0.25, 0.3) is 0 Å². The van der Waals surface area contributed by atoms with E-state index in [1.807, 2.05) is 0 Å². The molecule has 0 heterocycles. The van der Waals surface area contributed by atoms with Crippen LogP contribution in [0.15, 0.2) is 0 Å².